The van der Waals surface area contributed by atoms with Gasteiger partial charge in [0.05, 0.1) is 27.4 Å². The highest BCUT2D eigenvalue weighted by Crippen LogP contribution is 2.22. The molecule has 6 nitrogen and oxygen atoms in total. The summed E-state index contributed by atoms with van der Waals surface area (Å²) in [5.41, 5.74) is 0.538. The monoisotopic (exact) mass is 336 g/mol. The molecule has 1 fully saturated rings. The average molecular weight is 336 g/mol. The number of carbonyl (C=O) groups is 1. The molecule has 0 aromatic heterocycles. The highest BCUT2D eigenvalue weighted by atomic mass is 16.5. The normalized spacial score (nSPS) is 16.7. The Hall–Kier alpha value is -1.79. The first-order valence-electron chi connectivity index (χ1n) is 8.38. The van der Waals surface area contributed by atoms with Crippen LogP contribution in [0.25, 0.3) is 0 Å². The second-order valence-electron chi connectivity index (χ2n) is 6.27. The van der Waals surface area contributed by atoms with Crippen LogP contribution in [0, 0.1) is 5.92 Å². The number of hydrogen-bond acceptors (Lipinski definition) is 5. The first kappa shape index (κ1) is 18.5. The third kappa shape index (κ3) is 4.85. The zero-order valence-electron chi connectivity index (χ0n) is 15.0. The summed E-state index contributed by atoms with van der Waals surface area (Å²) < 4.78 is 15.9. The molecule has 1 aliphatic rings. The lowest BCUT2D eigenvalue weighted by molar-refractivity contribution is 0.00672. The standard InChI is InChI=1S/C18H28N2O4/c1-13(2)17(20-5-7-24-8-6-20)12-19-18(21)14-9-15(22-3)11-16(10-14)23-4/h9-11,13,17H,5-8,12H2,1-4H3,(H,19,21). The Morgan fingerprint density at radius 1 is 1.17 bits per heavy atom. The van der Waals surface area contributed by atoms with Gasteiger partial charge in [0.25, 0.3) is 5.91 Å². The fraction of sp³-hybridized carbons (Fsp3) is 0.611. The number of hydrogen-bond donors (Lipinski definition) is 1. The molecule has 0 saturated carbocycles. The average Bonchev–Trinajstić information content (AvgIpc) is 2.61. The predicted octanol–water partition coefficient (Wildman–Crippen LogP) is 1.79. The molecule has 1 amide bonds. The Kier molecular flexibility index (Phi) is 6.87. The van der Waals surface area contributed by atoms with Crippen molar-refractivity contribution in [3.05, 3.63) is 23.8 Å². The van der Waals surface area contributed by atoms with Crippen molar-refractivity contribution in [3.63, 3.8) is 0 Å². The zero-order chi connectivity index (χ0) is 17.5. The highest BCUT2D eigenvalue weighted by Gasteiger charge is 2.24. The van der Waals surface area contributed by atoms with E-state index in [1.54, 1.807) is 32.4 Å². The second-order valence-corrected chi connectivity index (χ2v) is 6.27. The largest absolute Gasteiger partial charge is 0.497 e. The lowest BCUT2D eigenvalue weighted by Crippen LogP contribution is -2.51. The number of benzene rings is 1. The minimum atomic E-state index is -0.119. The highest BCUT2D eigenvalue weighted by molar-refractivity contribution is 5.95. The van der Waals surface area contributed by atoms with Crippen LogP contribution in [0.3, 0.4) is 0 Å². The number of carbonyl (C=O) groups excluding carboxylic acids is 1. The third-order valence-electron chi connectivity index (χ3n) is 4.37. The van der Waals surface area contributed by atoms with Gasteiger partial charge in [0, 0.05) is 37.3 Å². The van der Waals surface area contributed by atoms with Crippen molar-refractivity contribution in [2.24, 2.45) is 5.92 Å². The van der Waals surface area contributed by atoms with Gasteiger partial charge in [0.15, 0.2) is 0 Å². The number of methoxy groups -OCH3 is 2. The summed E-state index contributed by atoms with van der Waals surface area (Å²) in [4.78, 5) is 14.9. The number of nitrogens with one attached hydrogen (secondary N) is 1. The van der Waals surface area contributed by atoms with Gasteiger partial charge in [-0.15, -0.1) is 0 Å². The molecule has 1 saturated heterocycles. The number of morpholine rings is 1. The van der Waals surface area contributed by atoms with Gasteiger partial charge in [-0.25, -0.2) is 0 Å². The number of amides is 1. The van der Waals surface area contributed by atoms with Crippen molar-refractivity contribution in [1.82, 2.24) is 10.2 Å². The molecule has 134 valence electrons. The van der Waals surface area contributed by atoms with Crippen molar-refractivity contribution < 1.29 is 19.0 Å². The second kappa shape index (κ2) is 8.89. The first-order valence-corrected chi connectivity index (χ1v) is 8.38. The number of rotatable bonds is 7. The molecule has 1 aromatic rings. The van der Waals surface area contributed by atoms with E-state index in [1.807, 2.05) is 0 Å². The Morgan fingerprint density at radius 3 is 2.25 bits per heavy atom. The molecule has 1 aromatic carbocycles. The molecule has 0 aliphatic carbocycles. The maximum atomic E-state index is 12.5. The summed E-state index contributed by atoms with van der Waals surface area (Å²) in [6.07, 6.45) is 0. The number of ether oxygens (including phenoxy) is 3. The minimum absolute atomic E-state index is 0.119. The Balaban J connectivity index is 2.02. The van der Waals surface area contributed by atoms with Gasteiger partial charge in [-0.2, -0.15) is 0 Å². The van der Waals surface area contributed by atoms with Gasteiger partial charge in [-0.1, -0.05) is 13.8 Å². The molecule has 24 heavy (non-hydrogen) atoms. The first-order chi connectivity index (χ1) is 11.5. The maximum Gasteiger partial charge on any atom is 0.251 e. The van der Waals surface area contributed by atoms with Gasteiger partial charge in [-0.05, 0) is 18.1 Å². The molecule has 6 heteroatoms. The molecule has 0 radical (unpaired) electrons. The minimum Gasteiger partial charge on any atom is -0.497 e. The molecule has 1 atom stereocenters. The van der Waals surface area contributed by atoms with Crippen LogP contribution >= 0.6 is 0 Å². The molecule has 0 bridgehead atoms. The lowest BCUT2D eigenvalue weighted by Gasteiger charge is -2.36. The Labute approximate surface area is 144 Å². The maximum absolute atomic E-state index is 12.5. The summed E-state index contributed by atoms with van der Waals surface area (Å²) in [6, 6.07) is 5.49. The molecule has 1 heterocycles. The van der Waals surface area contributed by atoms with Crippen molar-refractivity contribution in [2.45, 2.75) is 19.9 Å². The fourth-order valence-electron chi connectivity index (χ4n) is 2.93. The van der Waals surface area contributed by atoms with Gasteiger partial charge in [-0.3, -0.25) is 9.69 Å². The zero-order valence-corrected chi connectivity index (χ0v) is 15.0. The van der Waals surface area contributed by atoms with Crippen LogP contribution in [0.5, 0.6) is 11.5 Å². The van der Waals surface area contributed by atoms with E-state index in [-0.39, 0.29) is 5.91 Å². The van der Waals surface area contributed by atoms with Crippen LogP contribution in [0.4, 0.5) is 0 Å². The molecule has 1 N–H and O–H groups in total. The van der Waals surface area contributed by atoms with E-state index < -0.39 is 0 Å². The smallest absolute Gasteiger partial charge is 0.251 e. The quantitative estimate of drug-likeness (QED) is 0.823. The summed E-state index contributed by atoms with van der Waals surface area (Å²) in [7, 11) is 3.15. The van der Waals surface area contributed by atoms with Crippen LogP contribution in [0.15, 0.2) is 18.2 Å². The van der Waals surface area contributed by atoms with Gasteiger partial charge in [0.2, 0.25) is 0 Å². The van der Waals surface area contributed by atoms with Crippen LogP contribution in [-0.4, -0.2) is 63.9 Å². The molecule has 1 unspecified atom stereocenters. The number of nitrogens with zero attached hydrogens (tertiary/aromatic N) is 1. The third-order valence-corrected chi connectivity index (χ3v) is 4.37. The van der Waals surface area contributed by atoms with Crippen LogP contribution < -0.4 is 14.8 Å². The van der Waals surface area contributed by atoms with Crippen molar-refractivity contribution in [1.29, 1.82) is 0 Å². The fourth-order valence-corrected chi connectivity index (χ4v) is 2.93. The van der Waals surface area contributed by atoms with Crippen molar-refractivity contribution in [3.8, 4) is 11.5 Å². The summed E-state index contributed by atoms with van der Waals surface area (Å²) in [5, 5.41) is 3.05. The van der Waals surface area contributed by atoms with Crippen LogP contribution in [-0.2, 0) is 4.74 Å². The molecule has 1 aliphatic heterocycles. The summed E-state index contributed by atoms with van der Waals surface area (Å²) in [5.74, 6) is 1.54. The molecule has 0 spiro atoms. The molecule has 2 rings (SSSR count). The topological polar surface area (TPSA) is 60.0 Å². The van der Waals surface area contributed by atoms with E-state index in [1.165, 1.54) is 0 Å². The molecular weight excluding hydrogens is 308 g/mol. The van der Waals surface area contributed by atoms with Gasteiger partial charge < -0.3 is 19.5 Å². The van der Waals surface area contributed by atoms with Crippen LogP contribution in [0.1, 0.15) is 24.2 Å². The van der Waals surface area contributed by atoms with Crippen molar-refractivity contribution in [2.75, 3.05) is 47.1 Å². The van der Waals surface area contributed by atoms with E-state index in [4.69, 9.17) is 14.2 Å². The lowest BCUT2D eigenvalue weighted by atomic mass is 10.0. The Bertz CT molecular complexity index is 520. The van der Waals surface area contributed by atoms with Gasteiger partial charge >= 0.3 is 0 Å². The van der Waals surface area contributed by atoms with Crippen molar-refractivity contribution >= 4 is 5.91 Å². The van der Waals surface area contributed by atoms with Crippen LogP contribution in [0.2, 0.25) is 0 Å². The van der Waals surface area contributed by atoms with E-state index in [0.29, 0.717) is 35.6 Å². The van der Waals surface area contributed by atoms with E-state index in [9.17, 15) is 4.79 Å². The summed E-state index contributed by atoms with van der Waals surface area (Å²) in [6.45, 7) is 8.30. The Morgan fingerprint density at radius 2 is 1.75 bits per heavy atom. The van der Waals surface area contributed by atoms with E-state index in [2.05, 4.69) is 24.1 Å². The SMILES string of the molecule is COc1cc(OC)cc(C(=O)NCC(C(C)C)N2CCOCC2)c1. The molecular formula is C18H28N2O4. The van der Waals surface area contributed by atoms with Gasteiger partial charge in [0.1, 0.15) is 11.5 Å². The van der Waals surface area contributed by atoms with E-state index in [0.717, 1.165) is 26.3 Å². The van der Waals surface area contributed by atoms with E-state index >= 15 is 0 Å². The summed E-state index contributed by atoms with van der Waals surface area (Å²) >= 11 is 0. The predicted molar refractivity (Wildman–Crippen MR) is 92.9 cm³/mol.